The van der Waals surface area contributed by atoms with E-state index in [-0.39, 0.29) is 6.10 Å². The first-order chi connectivity index (χ1) is 10.2. The second-order valence-electron chi connectivity index (χ2n) is 5.83. The summed E-state index contributed by atoms with van der Waals surface area (Å²) in [4.78, 5) is 4.66. The quantitative estimate of drug-likeness (QED) is 0.589. The van der Waals surface area contributed by atoms with E-state index in [2.05, 4.69) is 53.7 Å². The molecular formula is C17H27N3O. The van der Waals surface area contributed by atoms with E-state index in [4.69, 9.17) is 0 Å². The largest absolute Gasteiger partial charge is 0.393 e. The molecule has 1 aromatic carbocycles. The van der Waals surface area contributed by atoms with Crippen molar-refractivity contribution in [1.82, 2.24) is 10.6 Å². The average molecular weight is 289 g/mol. The Morgan fingerprint density at radius 2 is 1.86 bits per heavy atom. The summed E-state index contributed by atoms with van der Waals surface area (Å²) in [6.07, 6.45) is 3.67. The van der Waals surface area contributed by atoms with Gasteiger partial charge in [0.15, 0.2) is 5.96 Å². The third-order valence-corrected chi connectivity index (χ3v) is 3.92. The van der Waals surface area contributed by atoms with Gasteiger partial charge in [0.2, 0.25) is 0 Å². The molecule has 0 spiro atoms. The van der Waals surface area contributed by atoms with Crippen LogP contribution < -0.4 is 10.6 Å². The zero-order valence-electron chi connectivity index (χ0n) is 13.1. The molecule has 1 aliphatic carbocycles. The van der Waals surface area contributed by atoms with Crippen molar-refractivity contribution in [3.8, 4) is 0 Å². The van der Waals surface area contributed by atoms with Crippen molar-refractivity contribution >= 4 is 5.96 Å². The van der Waals surface area contributed by atoms with Crippen LogP contribution >= 0.6 is 0 Å². The molecule has 4 heteroatoms. The third-order valence-electron chi connectivity index (χ3n) is 3.92. The fourth-order valence-electron chi connectivity index (χ4n) is 2.60. The Balaban J connectivity index is 1.91. The molecule has 3 N–H and O–H groups in total. The lowest BCUT2D eigenvalue weighted by Crippen LogP contribution is -2.45. The molecule has 1 aromatic rings. The maximum atomic E-state index is 9.57. The number of rotatable bonds is 4. The van der Waals surface area contributed by atoms with E-state index in [1.807, 2.05) is 0 Å². The molecule has 0 heterocycles. The molecule has 21 heavy (non-hydrogen) atoms. The first-order valence-electron chi connectivity index (χ1n) is 7.96. The van der Waals surface area contributed by atoms with Gasteiger partial charge in [-0.15, -0.1) is 0 Å². The van der Waals surface area contributed by atoms with Gasteiger partial charge >= 0.3 is 0 Å². The predicted molar refractivity (Wildman–Crippen MR) is 87.4 cm³/mol. The molecule has 4 nitrogen and oxygen atoms in total. The summed E-state index contributed by atoms with van der Waals surface area (Å²) < 4.78 is 0. The Hall–Kier alpha value is -1.55. The molecular weight excluding hydrogens is 262 g/mol. The van der Waals surface area contributed by atoms with E-state index < -0.39 is 0 Å². The minimum atomic E-state index is -0.116. The van der Waals surface area contributed by atoms with Crippen molar-refractivity contribution in [3.63, 3.8) is 0 Å². The zero-order valence-corrected chi connectivity index (χ0v) is 13.1. The molecule has 116 valence electrons. The van der Waals surface area contributed by atoms with Crippen LogP contribution in [0, 0.1) is 6.92 Å². The number of aliphatic hydroxyl groups is 1. The maximum Gasteiger partial charge on any atom is 0.191 e. The molecule has 0 radical (unpaired) electrons. The van der Waals surface area contributed by atoms with Crippen molar-refractivity contribution in [1.29, 1.82) is 0 Å². The number of hydrogen-bond donors (Lipinski definition) is 3. The summed E-state index contributed by atoms with van der Waals surface area (Å²) in [6, 6.07) is 8.91. The molecule has 1 saturated carbocycles. The summed E-state index contributed by atoms with van der Waals surface area (Å²) in [5.41, 5.74) is 2.49. The van der Waals surface area contributed by atoms with Crippen molar-refractivity contribution < 1.29 is 5.11 Å². The highest BCUT2D eigenvalue weighted by atomic mass is 16.3. The fourth-order valence-corrected chi connectivity index (χ4v) is 2.60. The lowest BCUT2D eigenvalue weighted by atomic mass is 9.93. The number of guanidine groups is 1. The number of aliphatic hydroxyl groups excluding tert-OH is 1. The fraction of sp³-hybridized carbons (Fsp3) is 0.588. The van der Waals surface area contributed by atoms with Gasteiger partial charge in [-0.1, -0.05) is 29.8 Å². The van der Waals surface area contributed by atoms with Gasteiger partial charge < -0.3 is 15.7 Å². The second kappa shape index (κ2) is 8.03. The number of aryl methyl sites for hydroxylation is 1. The Morgan fingerprint density at radius 1 is 1.19 bits per heavy atom. The summed E-state index contributed by atoms with van der Waals surface area (Å²) in [5.74, 6) is 0.875. The van der Waals surface area contributed by atoms with Gasteiger partial charge in [-0.2, -0.15) is 0 Å². The SMILES string of the molecule is CCNC(=NCc1ccc(C)cc1)NC1CCC(O)CC1. The van der Waals surface area contributed by atoms with Crippen LogP contribution in [0.4, 0.5) is 0 Å². The Morgan fingerprint density at radius 3 is 2.48 bits per heavy atom. The molecule has 0 amide bonds. The summed E-state index contributed by atoms with van der Waals surface area (Å²) in [5, 5.41) is 16.4. The predicted octanol–water partition coefficient (Wildman–Crippen LogP) is 2.35. The van der Waals surface area contributed by atoms with Crippen molar-refractivity contribution in [3.05, 3.63) is 35.4 Å². The minimum absolute atomic E-state index is 0.116. The number of nitrogens with zero attached hydrogens (tertiary/aromatic N) is 1. The molecule has 0 bridgehead atoms. The normalized spacial score (nSPS) is 22.9. The van der Waals surface area contributed by atoms with Crippen molar-refractivity contribution in [2.24, 2.45) is 4.99 Å². The molecule has 0 aliphatic heterocycles. The lowest BCUT2D eigenvalue weighted by Gasteiger charge is -2.27. The van der Waals surface area contributed by atoms with Crippen molar-refractivity contribution in [2.45, 2.75) is 58.2 Å². The van der Waals surface area contributed by atoms with Crippen LogP contribution in [0.5, 0.6) is 0 Å². The highest BCUT2D eigenvalue weighted by Crippen LogP contribution is 2.18. The van der Waals surface area contributed by atoms with Crippen LogP contribution in [0.3, 0.4) is 0 Å². The molecule has 0 unspecified atom stereocenters. The van der Waals surface area contributed by atoms with Crippen molar-refractivity contribution in [2.75, 3.05) is 6.54 Å². The number of hydrogen-bond acceptors (Lipinski definition) is 2. The van der Waals surface area contributed by atoms with E-state index in [9.17, 15) is 5.11 Å². The lowest BCUT2D eigenvalue weighted by molar-refractivity contribution is 0.120. The van der Waals surface area contributed by atoms with E-state index in [1.165, 1.54) is 11.1 Å². The molecule has 0 aromatic heterocycles. The zero-order chi connectivity index (χ0) is 15.1. The number of benzene rings is 1. The van der Waals surface area contributed by atoms with E-state index in [0.29, 0.717) is 12.6 Å². The molecule has 1 fully saturated rings. The van der Waals surface area contributed by atoms with E-state index in [1.54, 1.807) is 0 Å². The van der Waals surface area contributed by atoms with Gasteiger partial charge in [-0.25, -0.2) is 4.99 Å². The van der Waals surface area contributed by atoms with Gasteiger partial charge in [0.25, 0.3) is 0 Å². The summed E-state index contributed by atoms with van der Waals surface area (Å²) in [6.45, 7) is 5.71. The van der Waals surface area contributed by atoms with Gasteiger partial charge in [0, 0.05) is 12.6 Å². The first kappa shape index (κ1) is 15.8. The smallest absolute Gasteiger partial charge is 0.191 e. The molecule has 0 atom stereocenters. The Labute approximate surface area is 127 Å². The highest BCUT2D eigenvalue weighted by Gasteiger charge is 2.19. The Kier molecular flexibility index (Phi) is 6.05. The van der Waals surface area contributed by atoms with Crippen LogP contribution in [0.15, 0.2) is 29.3 Å². The molecule has 2 rings (SSSR count). The van der Waals surface area contributed by atoms with Crippen LogP contribution in [-0.2, 0) is 6.54 Å². The van der Waals surface area contributed by atoms with E-state index in [0.717, 1.165) is 38.2 Å². The molecule has 0 saturated heterocycles. The van der Waals surface area contributed by atoms with Crippen LogP contribution in [-0.4, -0.2) is 29.8 Å². The minimum Gasteiger partial charge on any atom is -0.393 e. The van der Waals surface area contributed by atoms with E-state index >= 15 is 0 Å². The maximum absolute atomic E-state index is 9.57. The van der Waals surface area contributed by atoms with Gasteiger partial charge in [-0.3, -0.25) is 0 Å². The second-order valence-corrected chi connectivity index (χ2v) is 5.83. The van der Waals surface area contributed by atoms with Crippen LogP contribution in [0.2, 0.25) is 0 Å². The topological polar surface area (TPSA) is 56.7 Å². The third kappa shape index (κ3) is 5.38. The number of nitrogens with one attached hydrogen (secondary N) is 2. The highest BCUT2D eigenvalue weighted by molar-refractivity contribution is 5.80. The number of aliphatic imine (C=N–C) groups is 1. The molecule has 1 aliphatic rings. The summed E-state index contributed by atoms with van der Waals surface area (Å²) in [7, 11) is 0. The van der Waals surface area contributed by atoms with Crippen LogP contribution in [0.1, 0.15) is 43.7 Å². The monoisotopic (exact) mass is 289 g/mol. The van der Waals surface area contributed by atoms with Gasteiger partial charge in [-0.05, 0) is 45.1 Å². The average Bonchev–Trinajstić information content (AvgIpc) is 2.49. The summed E-state index contributed by atoms with van der Waals surface area (Å²) >= 11 is 0. The van der Waals surface area contributed by atoms with Gasteiger partial charge in [0.05, 0.1) is 12.6 Å². The first-order valence-corrected chi connectivity index (χ1v) is 7.96. The van der Waals surface area contributed by atoms with Crippen LogP contribution in [0.25, 0.3) is 0 Å². The standard InChI is InChI=1S/C17H27N3O/c1-3-18-17(20-15-8-10-16(21)11-9-15)19-12-14-6-4-13(2)5-7-14/h4-7,15-16,21H,3,8-12H2,1-2H3,(H2,18,19,20). The van der Waals surface area contributed by atoms with Gasteiger partial charge in [0.1, 0.15) is 0 Å². The Bertz CT molecular complexity index is 448.